The highest BCUT2D eigenvalue weighted by Crippen LogP contribution is 2.17. The van der Waals surface area contributed by atoms with Crippen LogP contribution >= 0.6 is 0 Å². The molecule has 1 heterocycles. The Kier molecular flexibility index (Phi) is 3.46. The smallest absolute Gasteiger partial charge is 0.271 e. The maximum absolute atomic E-state index is 11.8. The fraction of sp³-hybridized carbons (Fsp3) is 0.545. The van der Waals surface area contributed by atoms with Gasteiger partial charge in [-0.3, -0.25) is 9.78 Å². The molecule has 86 valence electrons. The van der Waals surface area contributed by atoms with Crippen LogP contribution in [0, 0.1) is 0 Å². The average Bonchev–Trinajstić information content (AvgIpc) is 2.33. The fourth-order valence-electron chi connectivity index (χ4n) is 2.00. The Labute approximate surface area is 94.5 Å². The van der Waals surface area contributed by atoms with Crippen molar-refractivity contribution in [3.8, 4) is 0 Å². The molecule has 2 rings (SSSR count). The number of carbonyl (C=O) groups excluding carboxylic acids is 1. The van der Waals surface area contributed by atoms with Gasteiger partial charge in [-0.2, -0.15) is 0 Å². The van der Waals surface area contributed by atoms with E-state index in [-0.39, 0.29) is 18.0 Å². The van der Waals surface area contributed by atoms with E-state index in [9.17, 15) is 4.79 Å². The molecule has 1 aromatic heterocycles. The molecule has 16 heavy (non-hydrogen) atoms. The second-order valence-electron chi connectivity index (χ2n) is 4.12. The van der Waals surface area contributed by atoms with Gasteiger partial charge in [-0.15, -0.1) is 0 Å². The Hall–Kier alpha value is -1.49. The monoisotopic (exact) mass is 220 g/mol. The van der Waals surface area contributed by atoms with Crippen molar-refractivity contribution in [1.29, 1.82) is 0 Å². The minimum Gasteiger partial charge on any atom is -0.346 e. The first-order chi connectivity index (χ1) is 7.77. The van der Waals surface area contributed by atoms with Crippen LogP contribution < -0.4 is 11.1 Å². The zero-order valence-corrected chi connectivity index (χ0v) is 9.10. The van der Waals surface area contributed by atoms with Gasteiger partial charge in [0.05, 0.1) is 6.20 Å². The lowest BCUT2D eigenvalue weighted by atomic mass is 9.91. The zero-order valence-electron chi connectivity index (χ0n) is 9.10. The van der Waals surface area contributed by atoms with Crippen LogP contribution in [0.1, 0.15) is 36.2 Å². The van der Waals surface area contributed by atoms with Gasteiger partial charge in [0.15, 0.2) is 0 Å². The average molecular weight is 220 g/mol. The van der Waals surface area contributed by atoms with Gasteiger partial charge in [-0.25, -0.2) is 4.98 Å². The third-order valence-corrected chi connectivity index (χ3v) is 2.93. The van der Waals surface area contributed by atoms with E-state index in [4.69, 9.17) is 5.73 Å². The SMILES string of the molecule is N[C@H]1CCCC[C@@H]1NC(=O)c1cnccn1. The summed E-state index contributed by atoms with van der Waals surface area (Å²) < 4.78 is 0. The van der Waals surface area contributed by atoms with Gasteiger partial charge in [0, 0.05) is 24.5 Å². The number of hydrogen-bond acceptors (Lipinski definition) is 4. The van der Waals surface area contributed by atoms with Crippen molar-refractivity contribution in [2.24, 2.45) is 5.73 Å². The highest BCUT2D eigenvalue weighted by atomic mass is 16.1. The van der Waals surface area contributed by atoms with Gasteiger partial charge in [-0.05, 0) is 12.8 Å². The molecular formula is C11H16N4O. The van der Waals surface area contributed by atoms with Crippen molar-refractivity contribution in [2.45, 2.75) is 37.8 Å². The summed E-state index contributed by atoms with van der Waals surface area (Å²) in [5.41, 5.74) is 6.30. The molecule has 0 aliphatic heterocycles. The van der Waals surface area contributed by atoms with E-state index < -0.39 is 0 Å². The number of carbonyl (C=O) groups is 1. The molecule has 0 bridgehead atoms. The molecule has 1 saturated carbocycles. The maximum Gasteiger partial charge on any atom is 0.271 e. The van der Waals surface area contributed by atoms with E-state index in [1.54, 1.807) is 6.20 Å². The summed E-state index contributed by atoms with van der Waals surface area (Å²) in [6.07, 6.45) is 8.72. The first-order valence-electron chi connectivity index (χ1n) is 5.60. The van der Waals surface area contributed by atoms with Crippen molar-refractivity contribution in [1.82, 2.24) is 15.3 Å². The molecular weight excluding hydrogens is 204 g/mol. The summed E-state index contributed by atoms with van der Waals surface area (Å²) >= 11 is 0. The van der Waals surface area contributed by atoms with Crippen LogP contribution in [0.3, 0.4) is 0 Å². The van der Waals surface area contributed by atoms with Crippen molar-refractivity contribution in [2.75, 3.05) is 0 Å². The van der Waals surface area contributed by atoms with E-state index in [1.165, 1.54) is 12.4 Å². The Morgan fingerprint density at radius 3 is 2.88 bits per heavy atom. The third-order valence-electron chi connectivity index (χ3n) is 2.93. The van der Waals surface area contributed by atoms with E-state index >= 15 is 0 Å². The lowest BCUT2D eigenvalue weighted by Crippen LogP contribution is -2.49. The van der Waals surface area contributed by atoms with Gasteiger partial charge in [0.25, 0.3) is 5.91 Å². The van der Waals surface area contributed by atoms with Gasteiger partial charge in [-0.1, -0.05) is 12.8 Å². The predicted molar refractivity (Wildman–Crippen MR) is 59.7 cm³/mol. The Bertz CT molecular complexity index is 354. The number of nitrogens with two attached hydrogens (primary N) is 1. The van der Waals surface area contributed by atoms with Crippen molar-refractivity contribution in [3.63, 3.8) is 0 Å². The van der Waals surface area contributed by atoms with E-state index in [0.29, 0.717) is 5.69 Å². The molecule has 0 unspecified atom stereocenters. The highest BCUT2D eigenvalue weighted by molar-refractivity contribution is 5.92. The van der Waals surface area contributed by atoms with Crippen LogP contribution in [-0.2, 0) is 0 Å². The molecule has 0 aromatic carbocycles. The molecule has 5 nitrogen and oxygen atoms in total. The van der Waals surface area contributed by atoms with Crippen LogP contribution in [0.2, 0.25) is 0 Å². The van der Waals surface area contributed by atoms with Crippen molar-refractivity contribution < 1.29 is 4.79 Å². The first-order valence-corrected chi connectivity index (χ1v) is 5.60. The minimum atomic E-state index is -0.185. The lowest BCUT2D eigenvalue weighted by Gasteiger charge is -2.29. The largest absolute Gasteiger partial charge is 0.346 e. The number of nitrogens with one attached hydrogen (secondary N) is 1. The summed E-state index contributed by atoms with van der Waals surface area (Å²) in [5.74, 6) is -0.185. The fourth-order valence-corrected chi connectivity index (χ4v) is 2.00. The van der Waals surface area contributed by atoms with Gasteiger partial charge >= 0.3 is 0 Å². The van der Waals surface area contributed by atoms with E-state index in [2.05, 4.69) is 15.3 Å². The standard InChI is InChI=1S/C11H16N4O/c12-8-3-1-2-4-9(8)15-11(16)10-7-13-5-6-14-10/h5-9H,1-4,12H2,(H,15,16)/t8-,9-/m0/s1. The third kappa shape index (κ3) is 2.55. The van der Waals surface area contributed by atoms with Crippen LogP contribution in [0.15, 0.2) is 18.6 Å². The minimum absolute atomic E-state index is 0.0642. The first kappa shape index (κ1) is 11.0. The zero-order chi connectivity index (χ0) is 11.4. The van der Waals surface area contributed by atoms with Crippen LogP contribution in [0.5, 0.6) is 0 Å². The number of hydrogen-bond donors (Lipinski definition) is 2. The topological polar surface area (TPSA) is 80.9 Å². The summed E-state index contributed by atoms with van der Waals surface area (Å²) in [4.78, 5) is 19.6. The lowest BCUT2D eigenvalue weighted by molar-refractivity contribution is 0.0916. The van der Waals surface area contributed by atoms with Crippen LogP contribution in [0.25, 0.3) is 0 Å². The molecule has 0 radical (unpaired) electrons. The van der Waals surface area contributed by atoms with Gasteiger partial charge in [0.2, 0.25) is 0 Å². The molecule has 1 amide bonds. The molecule has 0 spiro atoms. The van der Waals surface area contributed by atoms with Crippen LogP contribution in [-0.4, -0.2) is 28.0 Å². The van der Waals surface area contributed by atoms with E-state index in [1.807, 2.05) is 0 Å². The Morgan fingerprint density at radius 1 is 1.38 bits per heavy atom. The second-order valence-corrected chi connectivity index (χ2v) is 4.12. The van der Waals surface area contributed by atoms with Crippen molar-refractivity contribution >= 4 is 5.91 Å². The predicted octanol–water partition coefficient (Wildman–Crippen LogP) is 0.476. The molecule has 0 saturated heterocycles. The molecule has 5 heteroatoms. The van der Waals surface area contributed by atoms with Gasteiger partial charge < -0.3 is 11.1 Å². The number of rotatable bonds is 2. The molecule has 2 atom stereocenters. The molecule has 1 aliphatic carbocycles. The number of aromatic nitrogens is 2. The highest BCUT2D eigenvalue weighted by Gasteiger charge is 2.23. The van der Waals surface area contributed by atoms with E-state index in [0.717, 1.165) is 25.7 Å². The van der Waals surface area contributed by atoms with Crippen molar-refractivity contribution in [3.05, 3.63) is 24.3 Å². The molecule has 1 aromatic rings. The summed E-state index contributed by atoms with van der Waals surface area (Å²) in [7, 11) is 0. The summed E-state index contributed by atoms with van der Waals surface area (Å²) in [5, 5.41) is 2.92. The normalized spacial score (nSPS) is 25.1. The quantitative estimate of drug-likeness (QED) is 0.759. The molecule has 1 fully saturated rings. The summed E-state index contributed by atoms with van der Waals surface area (Å²) in [6, 6.07) is 0.137. The maximum atomic E-state index is 11.8. The van der Waals surface area contributed by atoms with Crippen LogP contribution in [0.4, 0.5) is 0 Å². The number of nitrogens with zero attached hydrogens (tertiary/aromatic N) is 2. The summed E-state index contributed by atoms with van der Waals surface area (Å²) in [6.45, 7) is 0. The Balaban J connectivity index is 1.96. The Morgan fingerprint density at radius 2 is 2.19 bits per heavy atom. The molecule has 3 N–H and O–H groups in total. The second kappa shape index (κ2) is 5.03. The van der Waals surface area contributed by atoms with Gasteiger partial charge in [0.1, 0.15) is 5.69 Å². The molecule has 1 aliphatic rings. The number of amides is 1.